The minimum Gasteiger partial charge on any atom is -0.354 e. The number of hydrogen-bond donors (Lipinski definition) is 0. The third-order valence-electron chi connectivity index (χ3n) is 3.89. The molecule has 1 unspecified atom stereocenters. The highest BCUT2D eigenvalue weighted by Gasteiger charge is 2.21. The smallest absolute Gasteiger partial charge is 0.159 e. The molecule has 100 valence electrons. The molecule has 0 bridgehead atoms. The van der Waals surface area contributed by atoms with Crippen LogP contribution in [-0.2, 0) is 0 Å². The van der Waals surface area contributed by atoms with Crippen molar-refractivity contribution in [2.45, 2.75) is 19.3 Å². The van der Waals surface area contributed by atoms with Crippen LogP contribution in [0.15, 0.2) is 30.5 Å². The van der Waals surface area contributed by atoms with E-state index < -0.39 is 0 Å². The summed E-state index contributed by atoms with van der Waals surface area (Å²) in [5, 5.41) is 12.0. The lowest BCUT2D eigenvalue weighted by Crippen LogP contribution is -2.36. The van der Waals surface area contributed by atoms with Crippen LogP contribution in [-0.4, -0.2) is 28.6 Å². The van der Waals surface area contributed by atoms with Gasteiger partial charge in [-0.3, -0.25) is 0 Å². The van der Waals surface area contributed by atoms with Crippen molar-refractivity contribution in [3.63, 3.8) is 0 Å². The second kappa shape index (κ2) is 5.87. The van der Waals surface area contributed by atoms with E-state index in [0.29, 0.717) is 0 Å². The average molecular weight is 320 g/mol. The summed E-state index contributed by atoms with van der Waals surface area (Å²) in [6, 6.07) is 8.38. The molecular formula is C15H18BrN3. The molecule has 1 aliphatic rings. The zero-order valence-corrected chi connectivity index (χ0v) is 12.5. The molecule has 2 heterocycles. The Morgan fingerprint density at radius 1 is 1.32 bits per heavy atom. The molecule has 0 spiro atoms. The van der Waals surface area contributed by atoms with Gasteiger partial charge in [-0.2, -0.15) is 5.10 Å². The first-order valence-electron chi connectivity index (χ1n) is 6.90. The molecule has 1 aliphatic heterocycles. The number of benzene rings is 1. The Morgan fingerprint density at radius 3 is 3.11 bits per heavy atom. The van der Waals surface area contributed by atoms with Gasteiger partial charge in [0.05, 0.1) is 6.20 Å². The van der Waals surface area contributed by atoms with Crippen molar-refractivity contribution in [3.05, 3.63) is 30.5 Å². The molecule has 1 aromatic carbocycles. The highest BCUT2D eigenvalue weighted by molar-refractivity contribution is 9.09. The Balaban J connectivity index is 1.91. The third-order valence-corrected chi connectivity index (χ3v) is 4.34. The van der Waals surface area contributed by atoms with Gasteiger partial charge in [0.1, 0.15) is 0 Å². The van der Waals surface area contributed by atoms with Gasteiger partial charge in [0, 0.05) is 29.2 Å². The van der Waals surface area contributed by atoms with E-state index >= 15 is 0 Å². The zero-order valence-electron chi connectivity index (χ0n) is 10.9. The Bertz CT molecular complexity index is 551. The molecule has 4 heteroatoms. The first-order chi connectivity index (χ1) is 9.38. The Kier molecular flexibility index (Phi) is 3.97. The summed E-state index contributed by atoms with van der Waals surface area (Å²) < 4.78 is 0. The molecule has 0 radical (unpaired) electrons. The van der Waals surface area contributed by atoms with Gasteiger partial charge >= 0.3 is 0 Å². The molecule has 3 nitrogen and oxygen atoms in total. The van der Waals surface area contributed by atoms with Crippen molar-refractivity contribution in [1.29, 1.82) is 0 Å². The van der Waals surface area contributed by atoms with Gasteiger partial charge in [0.2, 0.25) is 0 Å². The lowest BCUT2D eigenvalue weighted by Gasteiger charge is -2.33. The van der Waals surface area contributed by atoms with Crippen LogP contribution in [0.2, 0.25) is 0 Å². The molecule has 2 aromatic rings. The predicted octanol–water partition coefficient (Wildman–Crippen LogP) is 3.63. The van der Waals surface area contributed by atoms with Gasteiger partial charge in [-0.05, 0) is 25.2 Å². The second-order valence-electron chi connectivity index (χ2n) is 5.19. The molecule has 1 fully saturated rings. The van der Waals surface area contributed by atoms with E-state index in [4.69, 9.17) is 0 Å². The standard InChI is InChI=1S/C15H18BrN3/c16-8-7-12-4-3-9-19(11-12)15-14-6-2-1-5-13(14)10-17-18-15/h1-2,5-6,10,12H,3-4,7-9,11H2. The van der Waals surface area contributed by atoms with Crippen LogP contribution >= 0.6 is 15.9 Å². The van der Waals surface area contributed by atoms with E-state index in [9.17, 15) is 0 Å². The van der Waals surface area contributed by atoms with Crippen LogP contribution in [0.3, 0.4) is 0 Å². The number of aromatic nitrogens is 2. The molecule has 1 saturated heterocycles. The molecular weight excluding hydrogens is 302 g/mol. The minimum absolute atomic E-state index is 0.772. The number of nitrogens with zero attached hydrogens (tertiary/aromatic N) is 3. The van der Waals surface area contributed by atoms with Gasteiger partial charge in [-0.1, -0.05) is 40.2 Å². The zero-order chi connectivity index (χ0) is 13.1. The van der Waals surface area contributed by atoms with E-state index in [1.54, 1.807) is 0 Å². The Morgan fingerprint density at radius 2 is 2.21 bits per heavy atom. The summed E-state index contributed by atoms with van der Waals surface area (Å²) in [5.74, 6) is 1.83. The number of anilines is 1. The SMILES string of the molecule is BrCCC1CCCN(c2nncc3ccccc23)C1. The largest absolute Gasteiger partial charge is 0.354 e. The van der Waals surface area contributed by atoms with Gasteiger partial charge in [0.25, 0.3) is 0 Å². The lowest BCUT2D eigenvalue weighted by molar-refractivity contribution is 0.406. The Labute approximate surface area is 122 Å². The summed E-state index contributed by atoms with van der Waals surface area (Å²) in [4.78, 5) is 2.41. The fraction of sp³-hybridized carbons (Fsp3) is 0.467. The minimum atomic E-state index is 0.772. The van der Waals surface area contributed by atoms with E-state index in [2.05, 4.69) is 55.3 Å². The molecule has 0 aliphatic carbocycles. The lowest BCUT2D eigenvalue weighted by atomic mass is 9.95. The summed E-state index contributed by atoms with van der Waals surface area (Å²) in [7, 11) is 0. The third kappa shape index (κ3) is 2.73. The van der Waals surface area contributed by atoms with Gasteiger partial charge in [-0.25, -0.2) is 0 Å². The number of fused-ring (bicyclic) bond motifs is 1. The number of hydrogen-bond acceptors (Lipinski definition) is 3. The van der Waals surface area contributed by atoms with Gasteiger partial charge in [-0.15, -0.1) is 5.10 Å². The second-order valence-corrected chi connectivity index (χ2v) is 5.98. The van der Waals surface area contributed by atoms with Crippen molar-refractivity contribution in [3.8, 4) is 0 Å². The fourth-order valence-corrected chi connectivity index (χ4v) is 3.54. The van der Waals surface area contributed by atoms with Crippen LogP contribution in [0.1, 0.15) is 19.3 Å². The van der Waals surface area contributed by atoms with E-state index in [1.165, 1.54) is 30.0 Å². The molecule has 0 N–H and O–H groups in total. The molecule has 1 aromatic heterocycles. The van der Waals surface area contributed by atoms with Gasteiger partial charge in [0.15, 0.2) is 5.82 Å². The molecule has 1 atom stereocenters. The summed E-state index contributed by atoms with van der Waals surface area (Å²) in [6.07, 6.45) is 5.68. The van der Waals surface area contributed by atoms with Crippen molar-refractivity contribution in [2.24, 2.45) is 5.92 Å². The molecule has 3 rings (SSSR count). The van der Waals surface area contributed by atoms with Crippen molar-refractivity contribution < 1.29 is 0 Å². The summed E-state index contributed by atoms with van der Waals surface area (Å²) in [5.41, 5.74) is 0. The average Bonchev–Trinajstić information content (AvgIpc) is 2.47. The predicted molar refractivity (Wildman–Crippen MR) is 82.9 cm³/mol. The molecule has 19 heavy (non-hydrogen) atoms. The quantitative estimate of drug-likeness (QED) is 0.809. The monoisotopic (exact) mass is 319 g/mol. The van der Waals surface area contributed by atoms with Crippen LogP contribution in [0.25, 0.3) is 10.8 Å². The van der Waals surface area contributed by atoms with Crippen LogP contribution in [0.5, 0.6) is 0 Å². The maximum Gasteiger partial charge on any atom is 0.159 e. The number of piperidine rings is 1. The van der Waals surface area contributed by atoms with Crippen molar-refractivity contribution >= 4 is 32.5 Å². The number of alkyl halides is 1. The van der Waals surface area contributed by atoms with Gasteiger partial charge < -0.3 is 4.90 Å². The highest BCUT2D eigenvalue weighted by Crippen LogP contribution is 2.28. The van der Waals surface area contributed by atoms with Crippen molar-refractivity contribution in [2.75, 3.05) is 23.3 Å². The van der Waals surface area contributed by atoms with Crippen LogP contribution < -0.4 is 4.90 Å². The number of rotatable bonds is 3. The Hall–Kier alpha value is -1.16. The topological polar surface area (TPSA) is 29.0 Å². The number of halogens is 1. The highest BCUT2D eigenvalue weighted by atomic mass is 79.9. The summed E-state index contributed by atoms with van der Waals surface area (Å²) >= 11 is 3.55. The van der Waals surface area contributed by atoms with E-state index in [0.717, 1.165) is 30.2 Å². The first-order valence-corrected chi connectivity index (χ1v) is 8.02. The van der Waals surface area contributed by atoms with E-state index in [1.807, 2.05) is 6.20 Å². The maximum absolute atomic E-state index is 4.39. The van der Waals surface area contributed by atoms with Crippen molar-refractivity contribution in [1.82, 2.24) is 10.2 Å². The van der Waals surface area contributed by atoms with E-state index in [-0.39, 0.29) is 0 Å². The summed E-state index contributed by atoms with van der Waals surface area (Å²) in [6.45, 7) is 2.20. The van der Waals surface area contributed by atoms with Crippen LogP contribution in [0, 0.1) is 5.92 Å². The fourth-order valence-electron chi connectivity index (χ4n) is 2.89. The molecule has 0 saturated carbocycles. The first kappa shape index (κ1) is 12.9. The maximum atomic E-state index is 4.39. The molecule has 0 amide bonds. The van der Waals surface area contributed by atoms with Crippen LogP contribution in [0.4, 0.5) is 5.82 Å². The normalized spacial score (nSPS) is 19.8.